The molecule has 7 nitrogen and oxygen atoms in total. The van der Waals surface area contributed by atoms with Crippen molar-refractivity contribution in [3.8, 4) is 11.5 Å². The minimum atomic E-state index is -0.0974. The molecule has 0 spiro atoms. The number of hydrogen-bond acceptors (Lipinski definition) is 5. The van der Waals surface area contributed by atoms with Crippen molar-refractivity contribution in [1.29, 1.82) is 0 Å². The Hall–Kier alpha value is -2.80. The van der Waals surface area contributed by atoms with E-state index in [1.54, 1.807) is 0 Å². The van der Waals surface area contributed by atoms with Gasteiger partial charge >= 0.3 is 6.03 Å². The Morgan fingerprint density at radius 3 is 2.63 bits per heavy atom. The summed E-state index contributed by atoms with van der Waals surface area (Å²) >= 11 is 0. The first-order valence-corrected chi connectivity index (χ1v) is 9.35. The minimum absolute atomic E-state index is 0.0974. The maximum Gasteiger partial charge on any atom is 0.322 e. The van der Waals surface area contributed by atoms with E-state index in [4.69, 9.17) is 9.47 Å². The molecule has 2 aliphatic rings. The molecule has 0 radical (unpaired) electrons. The normalized spacial score (nSPS) is 17.3. The fraction of sp³-hybridized carbons (Fsp3) is 0.400. The summed E-state index contributed by atoms with van der Waals surface area (Å²) in [6.45, 7) is 5.20. The topological polar surface area (TPSA) is 66.9 Å². The molecule has 0 saturated carbocycles. The van der Waals surface area contributed by atoms with Crippen molar-refractivity contribution in [1.82, 2.24) is 14.8 Å². The van der Waals surface area contributed by atoms with E-state index in [0.29, 0.717) is 43.5 Å². The number of benzene rings is 1. The summed E-state index contributed by atoms with van der Waals surface area (Å²) < 4.78 is 11.5. The molecular formula is C20H24N4O3. The van der Waals surface area contributed by atoms with Crippen LogP contribution in [0.15, 0.2) is 42.7 Å². The van der Waals surface area contributed by atoms with E-state index < -0.39 is 0 Å². The van der Waals surface area contributed by atoms with Crippen LogP contribution in [0.4, 0.5) is 10.5 Å². The minimum Gasteiger partial charge on any atom is -0.489 e. The van der Waals surface area contributed by atoms with Crippen LogP contribution in [0.1, 0.15) is 12.0 Å². The highest BCUT2D eigenvalue weighted by molar-refractivity contribution is 5.91. The van der Waals surface area contributed by atoms with Gasteiger partial charge in [-0.2, -0.15) is 0 Å². The number of amides is 2. The Morgan fingerprint density at radius 1 is 1.04 bits per heavy atom. The third-order valence-electron chi connectivity index (χ3n) is 4.83. The lowest BCUT2D eigenvalue weighted by atomic mass is 10.2. The first kappa shape index (κ1) is 17.6. The highest BCUT2D eigenvalue weighted by atomic mass is 16.5. The molecule has 27 heavy (non-hydrogen) atoms. The van der Waals surface area contributed by atoms with Crippen LogP contribution in [0.3, 0.4) is 0 Å². The van der Waals surface area contributed by atoms with Crippen LogP contribution in [0.25, 0.3) is 0 Å². The molecule has 1 saturated heterocycles. The maximum atomic E-state index is 12.7. The highest BCUT2D eigenvalue weighted by Crippen LogP contribution is 2.37. The number of nitrogens with one attached hydrogen (secondary N) is 1. The number of piperazine rings is 1. The lowest BCUT2D eigenvalue weighted by Gasteiger charge is -2.34. The summed E-state index contributed by atoms with van der Waals surface area (Å²) in [5.74, 6) is 1.31. The van der Waals surface area contributed by atoms with Crippen molar-refractivity contribution < 1.29 is 14.3 Å². The first-order chi connectivity index (χ1) is 13.3. The molecule has 1 fully saturated rings. The fourth-order valence-corrected chi connectivity index (χ4v) is 3.34. The molecule has 2 aromatic rings. The predicted molar refractivity (Wildman–Crippen MR) is 102 cm³/mol. The zero-order valence-corrected chi connectivity index (χ0v) is 15.3. The number of urea groups is 1. The third kappa shape index (κ3) is 4.31. The molecule has 1 aromatic heterocycles. The van der Waals surface area contributed by atoms with Gasteiger partial charge in [0.15, 0.2) is 11.5 Å². The summed E-state index contributed by atoms with van der Waals surface area (Å²) in [6, 6.07) is 9.55. The molecular weight excluding hydrogens is 344 g/mol. The number of carbonyl (C=O) groups is 1. The predicted octanol–water partition coefficient (Wildman–Crippen LogP) is 2.59. The Balaban J connectivity index is 1.34. The second kappa shape index (κ2) is 8.26. The number of carbonyl (C=O) groups excluding carboxylic acids is 1. The van der Waals surface area contributed by atoms with Crippen LogP contribution in [0.2, 0.25) is 0 Å². The Kier molecular flexibility index (Phi) is 5.39. The van der Waals surface area contributed by atoms with E-state index in [1.165, 1.54) is 5.56 Å². The standard InChI is InChI=1S/C20H24N4O3/c25-20(22-17-3-1-4-18-19(17)27-14-2-13-26-18)24-11-9-23(10-12-24)15-16-5-7-21-8-6-16/h1,3-8H,2,9-15H2,(H,22,25). The summed E-state index contributed by atoms with van der Waals surface area (Å²) in [7, 11) is 0. The van der Waals surface area contributed by atoms with E-state index in [-0.39, 0.29) is 6.03 Å². The Labute approximate surface area is 158 Å². The number of para-hydroxylation sites is 1. The molecule has 0 aliphatic carbocycles. The van der Waals surface area contributed by atoms with Gasteiger partial charge in [-0.3, -0.25) is 9.88 Å². The fourth-order valence-electron chi connectivity index (χ4n) is 3.34. The van der Waals surface area contributed by atoms with Gasteiger partial charge in [-0.15, -0.1) is 0 Å². The summed E-state index contributed by atoms with van der Waals surface area (Å²) in [5, 5.41) is 2.99. The van der Waals surface area contributed by atoms with Gasteiger partial charge < -0.3 is 19.7 Å². The summed E-state index contributed by atoms with van der Waals surface area (Å²) in [5.41, 5.74) is 1.91. The highest BCUT2D eigenvalue weighted by Gasteiger charge is 2.23. The average molecular weight is 368 g/mol. The van der Waals surface area contributed by atoms with E-state index in [1.807, 2.05) is 47.6 Å². The van der Waals surface area contributed by atoms with Gasteiger partial charge in [0.1, 0.15) is 0 Å². The van der Waals surface area contributed by atoms with Gasteiger partial charge in [0.05, 0.1) is 18.9 Å². The second-order valence-corrected chi connectivity index (χ2v) is 6.73. The lowest BCUT2D eigenvalue weighted by Crippen LogP contribution is -2.49. The average Bonchev–Trinajstić information content (AvgIpc) is 2.96. The van der Waals surface area contributed by atoms with Crippen LogP contribution in [-0.4, -0.2) is 60.2 Å². The Bertz CT molecular complexity index is 776. The molecule has 2 aliphatic heterocycles. The van der Waals surface area contributed by atoms with Gasteiger partial charge in [-0.25, -0.2) is 4.79 Å². The number of nitrogens with zero attached hydrogens (tertiary/aromatic N) is 3. The molecule has 4 rings (SSSR count). The molecule has 0 unspecified atom stereocenters. The van der Waals surface area contributed by atoms with Gasteiger partial charge in [-0.1, -0.05) is 6.07 Å². The molecule has 3 heterocycles. The van der Waals surface area contributed by atoms with Gasteiger partial charge in [0, 0.05) is 51.5 Å². The van der Waals surface area contributed by atoms with Crippen LogP contribution in [-0.2, 0) is 6.54 Å². The van der Waals surface area contributed by atoms with E-state index >= 15 is 0 Å². The van der Waals surface area contributed by atoms with E-state index in [9.17, 15) is 4.79 Å². The van der Waals surface area contributed by atoms with Crippen LogP contribution in [0.5, 0.6) is 11.5 Å². The number of hydrogen-bond donors (Lipinski definition) is 1. The number of fused-ring (bicyclic) bond motifs is 1. The zero-order valence-electron chi connectivity index (χ0n) is 15.3. The largest absolute Gasteiger partial charge is 0.489 e. The second-order valence-electron chi connectivity index (χ2n) is 6.73. The van der Waals surface area contributed by atoms with Gasteiger partial charge in [0.2, 0.25) is 0 Å². The lowest BCUT2D eigenvalue weighted by molar-refractivity contribution is 0.143. The van der Waals surface area contributed by atoms with Crippen molar-refractivity contribution in [2.45, 2.75) is 13.0 Å². The van der Waals surface area contributed by atoms with E-state index in [2.05, 4.69) is 15.2 Å². The number of pyridine rings is 1. The zero-order chi connectivity index (χ0) is 18.5. The summed E-state index contributed by atoms with van der Waals surface area (Å²) in [4.78, 5) is 20.9. The number of ether oxygens (including phenoxy) is 2. The van der Waals surface area contributed by atoms with Crippen LogP contribution < -0.4 is 14.8 Å². The molecule has 142 valence electrons. The Morgan fingerprint density at radius 2 is 1.81 bits per heavy atom. The molecule has 1 N–H and O–H groups in total. The molecule has 0 bridgehead atoms. The van der Waals surface area contributed by atoms with Gasteiger partial charge in [-0.05, 0) is 29.8 Å². The van der Waals surface area contributed by atoms with Gasteiger partial charge in [0.25, 0.3) is 0 Å². The number of anilines is 1. The van der Waals surface area contributed by atoms with Crippen molar-refractivity contribution >= 4 is 11.7 Å². The molecule has 7 heteroatoms. The SMILES string of the molecule is O=C(Nc1cccc2c1OCCCO2)N1CCN(Cc2ccncc2)CC1. The third-order valence-corrected chi connectivity index (χ3v) is 4.83. The summed E-state index contributed by atoms with van der Waals surface area (Å²) in [6.07, 6.45) is 4.46. The van der Waals surface area contributed by atoms with Crippen molar-refractivity contribution in [2.24, 2.45) is 0 Å². The maximum absolute atomic E-state index is 12.7. The van der Waals surface area contributed by atoms with Crippen molar-refractivity contribution in [2.75, 3.05) is 44.7 Å². The quantitative estimate of drug-likeness (QED) is 0.902. The molecule has 2 amide bonds. The van der Waals surface area contributed by atoms with Crippen molar-refractivity contribution in [3.05, 3.63) is 48.3 Å². The molecule has 0 atom stereocenters. The number of aromatic nitrogens is 1. The number of rotatable bonds is 3. The molecule has 1 aromatic carbocycles. The van der Waals surface area contributed by atoms with E-state index in [0.717, 1.165) is 26.1 Å². The monoisotopic (exact) mass is 368 g/mol. The first-order valence-electron chi connectivity index (χ1n) is 9.35. The van der Waals surface area contributed by atoms with Crippen LogP contribution in [0, 0.1) is 0 Å². The van der Waals surface area contributed by atoms with Crippen LogP contribution >= 0.6 is 0 Å². The smallest absolute Gasteiger partial charge is 0.322 e. The van der Waals surface area contributed by atoms with Crippen molar-refractivity contribution in [3.63, 3.8) is 0 Å².